The van der Waals surface area contributed by atoms with Crippen molar-refractivity contribution >= 4 is 21.9 Å². The van der Waals surface area contributed by atoms with E-state index in [0.29, 0.717) is 22.3 Å². The van der Waals surface area contributed by atoms with Gasteiger partial charge in [0.15, 0.2) is 5.76 Å². The Kier molecular flexibility index (Phi) is 3.69. The number of hydrogen-bond acceptors (Lipinski definition) is 4. The van der Waals surface area contributed by atoms with Gasteiger partial charge in [0.05, 0.1) is 12.4 Å². The highest BCUT2D eigenvalue weighted by atomic mass is 79.9. The number of nitrogens with zero attached hydrogens (tertiary/aromatic N) is 1. The number of alkyl halides is 1. The van der Waals surface area contributed by atoms with Crippen molar-refractivity contribution in [3.8, 4) is 0 Å². The molecule has 0 bridgehead atoms. The van der Waals surface area contributed by atoms with E-state index in [1.54, 1.807) is 0 Å². The predicted molar refractivity (Wildman–Crippen MR) is 54.6 cm³/mol. The lowest BCUT2D eigenvalue weighted by atomic mass is 10.1. The Balaban J connectivity index is 3.19. The molecule has 0 atom stereocenters. The van der Waals surface area contributed by atoms with Crippen molar-refractivity contribution in [3.63, 3.8) is 0 Å². The molecule has 1 heterocycles. The standard InChI is InChI=1S/C9H12BrNO3/c1-5(2)8-7(9(12)13-3)6(4-10)11-14-8/h5H,4H2,1-3H3. The smallest absolute Gasteiger partial charge is 0.343 e. The second-order valence-electron chi connectivity index (χ2n) is 3.15. The van der Waals surface area contributed by atoms with Crippen LogP contribution in [0.25, 0.3) is 0 Å². The van der Waals surface area contributed by atoms with Crippen LogP contribution in [0.15, 0.2) is 4.52 Å². The number of hydrogen-bond donors (Lipinski definition) is 0. The van der Waals surface area contributed by atoms with E-state index < -0.39 is 5.97 Å². The largest absolute Gasteiger partial charge is 0.465 e. The number of aromatic nitrogens is 1. The van der Waals surface area contributed by atoms with Crippen LogP contribution in [0, 0.1) is 0 Å². The maximum atomic E-state index is 11.4. The lowest BCUT2D eigenvalue weighted by Gasteiger charge is -2.02. The predicted octanol–water partition coefficient (Wildman–Crippen LogP) is 2.48. The van der Waals surface area contributed by atoms with E-state index in [9.17, 15) is 4.79 Å². The monoisotopic (exact) mass is 261 g/mol. The van der Waals surface area contributed by atoms with Crippen LogP contribution in [0.2, 0.25) is 0 Å². The minimum absolute atomic E-state index is 0.115. The quantitative estimate of drug-likeness (QED) is 0.620. The molecule has 78 valence electrons. The van der Waals surface area contributed by atoms with Gasteiger partial charge in [-0.25, -0.2) is 4.79 Å². The van der Waals surface area contributed by atoms with E-state index >= 15 is 0 Å². The molecule has 0 radical (unpaired) electrons. The topological polar surface area (TPSA) is 52.3 Å². The van der Waals surface area contributed by atoms with Crippen LogP contribution in [0.3, 0.4) is 0 Å². The van der Waals surface area contributed by atoms with E-state index in [1.807, 2.05) is 13.8 Å². The average Bonchev–Trinajstić information content (AvgIpc) is 2.59. The lowest BCUT2D eigenvalue weighted by Crippen LogP contribution is -2.06. The summed E-state index contributed by atoms with van der Waals surface area (Å²) < 4.78 is 9.76. The SMILES string of the molecule is COC(=O)c1c(CBr)noc1C(C)C. The fourth-order valence-electron chi connectivity index (χ4n) is 1.14. The molecule has 1 rings (SSSR count). The zero-order chi connectivity index (χ0) is 10.7. The summed E-state index contributed by atoms with van der Waals surface area (Å²) in [6.07, 6.45) is 0. The molecule has 1 aromatic rings. The van der Waals surface area contributed by atoms with Gasteiger partial charge in [-0.3, -0.25) is 0 Å². The van der Waals surface area contributed by atoms with Gasteiger partial charge in [-0.05, 0) is 0 Å². The Morgan fingerprint density at radius 3 is 2.71 bits per heavy atom. The molecule has 0 unspecified atom stereocenters. The Morgan fingerprint density at radius 1 is 1.64 bits per heavy atom. The van der Waals surface area contributed by atoms with Crippen LogP contribution < -0.4 is 0 Å². The zero-order valence-electron chi connectivity index (χ0n) is 8.33. The van der Waals surface area contributed by atoms with E-state index in [-0.39, 0.29) is 5.92 Å². The highest BCUT2D eigenvalue weighted by Gasteiger charge is 2.24. The van der Waals surface area contributed by atoms with Crippen LogP contribution in [0.4, 0.5) is 0 Å². The molecule has 14 heavy (non-hydrogen) atoms. The molecule has 0 aromatic carbocycles. The minimum Gasteiger partial charge on any atom is -0.465 e. The van der Waals surface area contributed by atoms with Crippen molar-refractivity contribution in [2.24, 2.45) is 0 Å². The summed E-state index contributed by atoms with van der Waals surface area (Å²) in [5, 5.41) is 4.28. The molecule has 0 saturated carbocycles. The van der Waals surface area contributed by atoms with Gasteiger partial charge in [-0.15, -0.1) is 0 Å². The van der Waals surface area contributed by atoms with E-state index in [0.717, 1.165) is 0 Å². The zero-order valence-corrected chi connectivity index (χ0v) is 9.92. The highest BCUT2D eigenvalue weighted by Crippen LogP contribution is 2.24. The Morgan fingerprint density at radius 2 is 2.29 bits per heavy atom. The van der Waals surface area contributed by atoms with Gasteiger partial charge in [-0.2, -0.15) is 0 Å². The molecular formula is C9H12BrNO3. The molecular weight excluding hydrogens is 250 g/mol. The second kappa shape index (κ2) is 4.59. The van der Waals surface area contributed by atoms with Gasteiger partial charge < -0.3 is 9.26 Å². The van der Waals surface area contributed by atoms with Crippen LogP contribution in [-0.4, -0.2) is 18.2 Å². The molecule has 0 spiro atoms. The molecule has 0 amide bonds. The maximum Gasteiger partial charge on any atom is 0.343 e. The van der Waals surface area contributed by atoms with Crippen molar-refractivity contribution < 1.29 is 14.1 Å². The van der Waals surface area contributed by atoms with Gasteiger partial charge in [0, 0.05) is 5.92 Å². The lowest BCUT2D eigenvalue weighted by molar-refractivity contribution is 0.0597. The summed E-state index contributed by atoms with van der Waals surface area (Å²) in [6, 6.07) is 0. The number of carbonyl (C=O) groups is 1. The third kappa shape index (κ3) is 1.97. The summed E-state index contributed by atoms with van der Waals surface area (Å²) in [5.74, 6) is 0.292. The third-order valence-electron chi connectivity index (χ3n) is 1.83. The van der Waals surface area contributed by atoms with Crippen molar-refractivity contribution in [2.45, 2.75) is 25.1 Å². The third-order valence-corrected chi connectivity index (χ3v) is 2.36. The molecule has 0 aliphatic rings. The Labute approximate surface area is 90.7 Å². The van der Waals surface area contributed by atoms with Gasteiger partial charge in [0.25, 0.3) is 0 Å². The molecule has 0 aliphatic heterocycles. The van der Waals surface area contributed by atoms with Crippen LogP contribution in [0.5, 0.6) is 0 Å². The number of halogens is 1. The van der Waals surface area contributed by atoms with Gasteiger partial charge >= 0.3 is 5.97 Å². The molecule has 0 aliphatic carbocycles. The molecule has 5 heteroatoms. The normalized spacial score (nSPS) is 10.6. The Bertz CT molecular complexity index is 333. The summed E-state index contributed by atoms with van der Waals surface area (Å²) in [6.45, 7) is 3.87. The highest BCUT2D eigenvalue weighted by molar-refractivity contribution is 9.08. The van der Waals surface area contributed by atoms with E-state index in [4.69, 9.17) is 4.52 Å². The van der Waals surface area contributed by atoms with Crippen molar-refractivity contribution in [2.75, 3.05) is 7.11 Å². The van der Waals surface area contributed by atoms with Gasteiger partial charge in [-0.1, -0.05) is 34.9 Å². The fraction of sp³-hybridized carbons (Fsp3) is 0.556. The van der Waals surface area contributed by atoms with Crippen LogP contribution in [0.1, 0.15) is 41.6 Å². The number of ether oxygens (including phenoxy) is 1. The Hall–Kier alpha value is -0.840. The first-order valence-corrected chi connectivity index (χ1v) is 5.36. The molecule has 4 nitrogen and oxygen atoms in total. The fourth-order valence-corrected chi connectivity index (χ4v) is 1.53. The minimum atomic E-state index is -0.399. The van der Waals surface area contributed by atoms with Crippen molar-refractivity contribution in [1.82, 2.24) is 5.16 Å². The maximum absolute atomic E-state index is 11.4. The molecule has 0 saturated heterocycles. The first-order valence-electron chi connectivity index (χ1n) is 4.24. The van der Waals surface area contributed by atoms with E-state index in [2.05, 4.69) is 25.8 Å². The number of rotatable bonds is 3. The van der Waals surface area contributed by atoms with Crippen LogP contribution in [-0.2, 0) is 10.1 Å². The molecule has 1 aromatic heterocycles. The molecule has 0 N–H and O–H groups in total. The van der Waals surface area contributed by atoms with Gasteiger partial charge in [0.2, 0.25) is 0 Å². The second-order valence-corrected chi connectivity index (χ2v) is 3.71. The van der Waals surface area contributed by atoms with Gasteiger partial charge in [0.1, 0.15) is 11.3 Å². The summed E-state index contributed by atoms with van der Waals surface area (Å²) in [5.41, 5.74) is 1.03. The first kappa shape index (κ1) is 11.2. The van der Waals surface area contributed by atoms with Crippen molar-refractivity contribution in [3.05, 3.63) is 17.0 Å². The first-order chi connectivity index (χ1) is 6.61. The summed E-state index contributed by atoms with van der Waals surface area (Å²) in [7, 11) is 1.34. The van der Waals surface area contributed by atoms with E-state index in [1.165, 1.54) is 7.11 Å². The molecule has 0 fully saturated rings. The summed E-state index contributed by atoms with van der Waals surface area (Å²) in [4.78, 5) is 11.4. The number of methoxy groups -OCH3 is 1. The van der Waals surface area contributed by atoms with Crippen molar-refractivity contribution in [1.29, 1.82) is 0 Å². The summed E-state index contributed by atoms with van der Waals surface area (Å²) >= 11 is 3.24. The number of carbonyl (C=O) groups excluding carboxylic acids is 1. The van der Waals surface area contributed by atoms with Crippen LogP contribution >= 0.6 is 15.9 Å². The number of esters is 1. The average molecular weight is 262 g/mol.